The van der Waals surface area contributed by atoms with Crippen LogP contribution in [0.5, 0.6) is 0 Å². The first-order valence-electron chi connectivity index (χ1n) is 11.3. The summed E-state index contributed by atoms with van der Waals surface area (Å²) in [5, 5.41) is 38.7. The van der Waals surface area contributed by atoms with E-state index < -0.39 is 5.91 Å². The van der Waals surface area contributed by atoms with Gasteiger partial charge in [0.05, 0.1) is 23.0 Å². The third kappa shape index (κ3) is 5.39. The topological polar surface area (TPSA) is 166 Å². The number of nitrogens with one attached hydrogen (secondary N) is 2. The highest BCUT2D eigenvalue weighted by Crippen LogP contribution is 2.35. The molecular weight excluding hydrogens is 504 g/mol. The lowest BCUT2D eigenvalue weighted by atomic mass is 10.1. The van der Waals surface area contributed by atoms with Gasteiger partial charge >= 0.3 is 0 Å². The Labute approximate surface area is 221 Å². The largest absolute Gasteiger partial charge is 0.383 e. The average molecular weight is 527 g/mol. The fraction of sp³-hybridized carbons (Fsp3) is 0.200. The molecule has 0 bridgehead atoms. The lowest BCUT2D eigenvalue weighted by molar-refractivity contribution is -0.111. The SMILES string of the molecule is C=CC(=O)Nc1nc(NC(C)COC)c(N=Nc2nn(-c3nc4ccccc4s3)cc2C#N)c(C)c1C#N. The third-order valence-electron chi connectivity index (χ3n) is 5.29. The number of carbonyl (C=O) groups is 1. The van der Waals surface area contributed by atoms with E-state index in [-0.39, 0.29) is 40.3 Å². The Morgan fingerprint density at radius 1 is 1.26 bits per heavy atom. The second-order valence-corrected chi connectivity index (χ2v) is 9.06. The molecule has 13 heteroatoms. The molecule has 1 atom stereocenters. The van der Waals surface area contributed by atoms with Crippen molar-refractivity contribution in [1.29, 1.82) is 10.5 Å². The van der Waals surface area contributed by atoms with Crippen molar-refractivity contribution in [3.63, 3.8) is 0 Å². The Balaban J connectivity index is 1.77. The number of methoxy groups -OCH3 is 1. The van der Waals surface area contributed by atoms with E-state index in [2.05, 4.69) is 54.6 Å². The van der Waals surface area contributed by atoms with Crippen molar-refractivity contribution in [3.05, 3.63) is 59.8 Å². The standard InChI is InChI=1S/C25H22N10O2S/c1-5-20(36)30-23-17(11-27)15(3)21(24(31-23)28-14(2)13-37-4)32-33-22-16(10-26)12-35(34-22)25-29-18-8-6-7-9-19(18)38-25/h5-9,12,14H,1,13H2,2-4H3,(H2,28,30,31,36). The molecule has 4 aromatic rings. The molecule has 12 nitrogen and oxygen atoms in total. The number of nitriles is 2. The second-order valence-electron chi connectivity index (χ2n) is 8.05. The number of fused-ring (bicyclic) bond motifs is 1. The molecule has 0 aliphatic rings. The van der Waals surface area contributed by atoms with Gasteiger partial charge in [0.1, 0.15) is 29.0 Å². The number of carbonyl (C=O) groups excluding carboxylic acids is 1. The Bertz CT molecular complexity index is 1610. The van der Waals surface area contributed by atoms with E-state index in [1.165, 1.54) is 22.2 Å². The molecule has 1 aromatic carbocycles. The van der Waals surface area contributed by atoms with E-state index in [9.17, 15) is 15.3 Å². The Kier molecular flexibility index (Phi) is 7.82. The van der Waals surface area contributed by atoms with Crippen molar-refractivity contribution >= 4 is 50.6 Å². The van der Waals surface area contributed by atoms with Gasteiger partial charge in [0, 0.05) is 18.7 Å². The highest BCUT2D eigenvalue weighted by Gasteiger charge is 2.20. The minimum Gasteiger partial charge on any atom is -0.383 e. The average Bonchev–Trinajstić information content (AvgIpc) is 3.52. The van der Waals surface area contributed by atoms with Gasteiger partial charge in [0.2, 0.25) is 16.9 Å². The molecule has 0 spiro atoms. The molecule has 1 amide bonds. The van der Waals surface area contributed by atoms with E-state index in [4.69, 9.17) is 4.74 Å². The molecule has 3 heterocycles. The number of pyridine rings is 1. The number of azo groups is 1. The summed E-state index contributed by atoms with van der Waals surface area (Å²) in [6.07, 6.45) is 2.61. The first kappa shape index (κ1) is 26.1. The van der Waals surface area contributed by atoms with Crippen LogP contribution in [-0.4, -0.2) is 45.4 Å². The molecule has 0 radical (unpaired) electrons. The fourth-order valence-corrected chi connectivity index (χ4v) is 4.40. The lowest BCUT2D eigenvalue weighted by Crippen LogP contribution is -2.22. The van der Waals surface area contributed by atoms with Gasteiger partial charge in [-0.3, -0.25) is 4.79 Å². The van der Waals surface area contributed by atoms with Gasteiger partial charge in [-0.1, -0.05) is 30.0 Å². The summed E-state index contributed by atoms with van der Waals surface area (Å²) >= 11 is 1.43. The van der Waals surface area contributed by atoms with Crippen molar-refractivity contribution in [2.24, 2.45) is 10.2 Å². The van der Waals surface area contributed by atoms with Crippen molar-refractivity contribution in [1.82, 2.24) is 19.7 Å². The zero-order chi connectivity index (χ0) is 27.2. The minimum absolute atomic E-state index is 0.0544. The summed E-state index contributed by atoms with van der Waals surface area (Å²) in [4.78, 5) is 20.9. The van der Waals surface area contributed by atoms with Gasteiger partial charge in [0.15, 0.2) is 11.6 Å². The maximum atomic E-state index is 11.9. The summed E-state index contributed by atoms with van der Waals surface area (Å²) in [6.45, 7) is 7.33. The number of anilines is 2. The van der Waals surface area contributed by atoms with E-state index >= 15 is 0 Å². The highest BCUT2D eigenvalue weighted by molar-refractivity contribution is 7.20. The third-order valence-corrected chi connectivity index (χ3v) is 6.32. The maximum Gasteiger partial charge on any atom is 0.248 e. The van der Waals surface area contributed by atoms with Crippen LogP contribution in [0, 0.1) is 29.6 Å². The number of rotatable bonds is 9. The highest BCUT2D eigenvalue weighted by atomic mass is 32.1. The van der Waals surface area contributed by atoms with Crippen molar-refractivity contribution in [2.75, 3.05) is 24.4 Å². The molecule has 0 fully saturated rings. The number of hydrogen-bond donors (Lipinski definition) is 2. The van der Waals surface area contributed by atoms with Crippen molar-refractivity contribution < 1.29 is 9.53 Å². The van der Waals surface area contributed by atoms with Crippen LogP contribution in [0.2, 0.25) is 0 Å². The zero-order valence-corrected chi connectivity index (χ0v) is 21.6. The second kappa shape index (κ2) is 11.4. The molecule has 190 valence electrons. The van der Waals surface area contributed by atoms with Gasteiger partial charge in [-0.15, -0.1) is 15.3 Å². The molecule has 3 aromatic heterocycles. The van der Waals surface area contributed by atoms with E-state index in [0.717, 1.165) is 16.3 Å². The number of thiazole rings is 1. The van der Waals surface area contributed by atoms with Crippen LogP contribution < -0.4 is 10.6 Å². The van der Waals surface area contributed by atoms with Gasteiger partial charge in [-0.25, -0.2) is 14.6 Å². The number of benzene rings is 1. The molecule has 4 rings (SSSR count). The normalized spacial score (nSPS) is 11.7. The maximum absolute atomic E-state index is 11.9. The number of ether oxygens (including phenoxy) is 1. The van der Waals surface area contributed by atoms with Crippen LogP contribution in [0.15, 0.2) is 53.3 Å². The minimum atomic E-state index is -0.516. The van der Waals surface area contributed by atoms with Crippen LogP contribution >= 0.6 is 11.3 Å². The number of para-hydroxylation sites is 1. The first-order chi connectivity index (χ1) is 18.4. The smallest absolute Gasteiger partial charge is 0.248 e. The van der Waals surface area contributed by atoms with Crippen LogP contribution in [0.4, 0.5) is 23.1 Å². The molecule has 38 heavy (non-hydrogen) atoms. The number of nitrogens with zero attached hydrogens (tertiary/aromatic N) is 8. The van der Waals surface area contributed by atoms with Crippen LogP contribution in [0.1, 0.15) is 23.6 Å². The molecule has 0 saturated heterocycles. The van der Waals surface area contributed by atoms with Gasteiger partial charge in [0.25, 0.3) is 0 Å². The summed E-state index contributed by atoms with van der Waals surface area (Å²) in [5.41, 5.74) is 1.79. The molecule has 2 N–H and O–H groups in total. The number of hydrogen-bond acceptors (Lipinski definition) is 11. The predicted molar refractivity (Wildman–Crippen MR) is 143 cm³/mol. The monoisotopic (exact) mass is 526 g/mol. The summed E-state index contributed by atoms with van der Waals surface area (Å²) in [5.74, 6) is -0.126. The van der Waals surface area contributed by atoms with Crippen LogP contribution in [-0.2, 0) is 9.53 Å². The molecule has 0 saturated carbocycles. The Morgan fingerprint density at radius 2 is 2.05 bits per heavy atom. The summed E-state index contributed by atoms with van der Waals surface area (Å²) in [7, 11) is 1.57. The predicted octanol–water partition coefficient (Wildman–Crippen LogP) is 4.92. The number of aromatic nitrogens is 4. The van der Waals surface area contributed by atoms with Crippen molar-refractivity contribution in [3.8, 4) is 17.3 Å². The Morgan fingerprint density at radius 3 is 2.74 bits per heavy atom. The van der Waals surface area contributed by atoms with Crippen molar-refractivity contribution in [2.45, 2.75) is 19.9 Å². The number of amides is 1. The summed E-state index contributed by atoms with van der Waals surface area (Å²) in [6, 6.07) is 11.6. The van der Waals surface area contributed by atoms with E-state index in [0.29, 0.717) is 17.3 Å². The van der Waals surface area contributed by atoms with Crippen LogP contribution in [0.25, 0.3) is 15.3 Å². The fourth-order valence-electron chi connectivity index (χ4n) is 3.51. The zero-order valence-electron chi connectivity index (χ0n) is 20.8. The quantitative estimate of drug-likeness (QED) is 0.229. The van der Waals surface area contributed by atoms with Crippen LogP contribution in [0.3, 0.4) is 0 Å². The lowest BCUT2D eigenvalue weighted by Gasteiger charge is -2.18. The summed E-state index contributed by atoms with van der Waals surface area (Å²) < 4.78 is 7.66. The van der Waals surface area contributed by atoms with Gasteiger partial charge < -0.3 is 15.4 Å². The molecule has 0 aliphatic heterocycles. The molecule has 0 aliphatic carbocycles. The molecule has 1 unspecified atom stereocenters. The van der Waals surface area contributed by atoms with E-state index in [1.807, 2.05) is 31.2 Å². The van der Waals surface area contributed by atoms with Gasteiger partial charge in [-0.2, -0.15) is 10.5 Å². The molecular formula is C25H22N10O2S. The Hall–Kier alpha value is -4.98. The van der Waals surface area contributed by atoms with Gasteiger partial charge in [-0.05, 0) is 32.1 Å². The van der Waals surface area contributed by atoms with E-state index in [1.54, 1.807) is 14.0 Å². The first-order valence-corrected chi connectivity index (χ1v) is 12.1.